The van der Waals surface area contributed by atoms with Crippen molar-refractivity contribution in [1.29, 1.82) is 0 Å². The number of hydrogen-bond acceptors (Lipinski definition) is 4. The van der Waals surface area contributed by atoms with E-state index in [0.717, 1.165) is 36.0 Å². The molecule has 0 spiro atoms. The Morgan fingerprint density at radius 1 is 0.949 bits per heavy atom. The molecule has 2 aromatic carbocycles. The van der Waals surface area contributed by atoms with Crippen LogP contribution in [-0.4, -0.2) is 68.9 Å². The molecule has 3 aromatic rings. The topological polar surface area (TPSA) is 81.2 Å². The summed E-state index contributed by atoms with van der Waals surface area (Å²) in [5, 5.41) is 14.4. The molecule has 2 fully saturated rings. The predicted octanol–water partition coefficient (Wildman–Crippen LogP) is 5.43. The number of urea groups is 1. The van der Waals surface area contributed by atoms with Crippen molar-refractivity contribution in [3.63, 3.8) is 0 Å². The van der Waals surface area contributed by atoms with Crippen molar-refractivity contribution in [2.75, 3.05) is 13.1 Å². The van der Waals surface area contributed by atoms with Gasteiger partial charge in [-0.15, -0.1) is 0 Å². The largest absolute Gasteiger partial charge is 0.480 e. The van der Waals surface area contributed by atoms with Gasteiger partial charge in [-0.05, 0) is 52.8 Å². The van der Waals surface area contributed by atoms with Gasteiger partial charge < -0.3 is 19.8 Å². The predicted molar refractivity (Wildman–Crippen MR) is 152 cm³/mol. The maximum Gasteiger partial charge on any atom is 0.328 e. The molecule has 2 aliphatic rings. The number of piperazine rings is 1. The second-order valence-corrected chi connectivity index (χ2v) is 11.2. The van der Waals surface area contributed by atoms with Gasteiger partial charge >= 0.3 is 12.0 Å². The molecule has 1 unspecified atom stereocenters. The number of carbonyl (C=O) groups is 3. The average molecular weight is 546 g/mol. The highest BCUT2D eigenvalue weighted by Crippen LogP contribution is 2.34. The Morgan fingerprint density at radius 2 is 1.59 bits per heavy atom. The first-order valence-corrected chi connectivity index (χ1v) is 14.6. The molecular formula is C31H35N3O4S. The molecule has 204 valence electrons. The fraction of sp³-hybridized carbons (Fsp3) is 0.387. The van der Waals surface area contributed by atoms with Gasteiger partial charge in [0.25, 0.3) is 0 Å². The van der Waals surface area contributed by atoms with Crippen LogP contribution in [0, 0.1) is 0 Å². The van der Waals surface area contributed by atoms with E-state index in [1.165, 1.54) is 4.90 Å². The number of carboxylic acids is 1. The van der Waals surface area contributed by atoms with Gasteiger partial charge in [0, 0.05) is 19.1 Å². The first-order chi connectivity index (χ1) is 19.0. The highest BCUT2D eigenvalue weighted by atomic mass is 32.1. The Hall–Kier alpha value is -3.65. The van der Waals surface area contributed by atoms with E-state index in [-0.39, 0.29) is 37.1 Å². The fourth-order valence-electron chi connectivity index (χ4n) is 5.57. The van der Waals surface area contributed by atoms with E-state index in [9.17, 15) is 19.5 Å². The second-order valence-electron chi connectivity index (χ2n) is 10.5. The van der Waals surface area contributed by atoms with Crippen LogP contribution >= 0.6 is 11.3 Å². The monoisotopic (exact) mass is 545 g/mol. The van der Waals surface area contributed by atoms with E-state index in [2.05, 4.69) is 12.3 Å². The van der Waals surface area contributed by atoms with Crippen LogP contribution in [0.2, 0.25) is 0 Å². The summed E-state index contributed by atoms with van der Waals surface area (Å²) in [7, 11) is 0. The third-order valence-electron chi connectivity index (χ3n) is 7.71. The molecule has 0 bridgehead atoms. The summed E-state index contributed by atoms with van der Waals surface area (Å²) in [4.78, 5) is 46.0. The Morgan fingerprint density at radius 3 is 2.10 bits per heavy atom. The van der Waals surface area contributed by atoms with Crippen molar-refractivity contribution < 1.29 is 19.5 Å². The lowest BCUT2D eigenvalue weighted by Gasteiger charge is -2.47. The van der Waals surface area contributed by atoms with Crippen molar-refractivity contribution in [2.45, 2.75) is 63.2 Å². The zero-order valence-electron chi connectivity index (χ0n) is 22.2. The van der Waals surface area contributed by atoms with Crippen molar-refractivity contribution in [3.8, 4) is 0 Å². The Balaban J connectivity index is 1.45. The van der Waals surface area contributed by atoms with Crippen molar-refractivity contribution in [3.05, 3.63) is 94.2 Å². The summed E-state index contributed by atoms with van der Waals surface area (Å²) in [6.07, 6.45) is 3.44. The van der Waals surface area contributed by atoms with Crippen LogP contribution in [0.4, 0.5) is 4.79 Å². The molecule has 5 rings (SSSR count). The van der Waals surface area contributed by atoms with E-state index < -0.39 is 17.9 Å². The zero-order valence-corrected chi connectivity index (χ0v) is 23.0. The maximum atomic E-state index is 14.3. The van der Waals surface area contributed by atoms with E-state index in [1.807, 2.05) is 77.0 Å². The van der Waals surface area contributed by atoms with Crippen molar-refractivity contribution in [1.82, 2.24) is 14.7 Å². The molecule has 1 aliphatic carbocycles. The van der Waals surface area contributed by atoms with Crippen LogP contribution in [0.15, 0.2) is 77.5 Å². The highest BCUT2D eigenvalue weighted by molar-refractivity contribution is 7.07. The van der Waals surface area contributed by atoms with Crippen LogP contribution in [0.3, 0.4) is 0 Å². The molecule has 1 aromatic heterocycles. The molecule has 8 heteroatoms. The van der Waals surface area contributed by atoms with E-state index in [4.69, 9.17) is 0 Å². The second kappa shape index (κ2) is 12.0. The molecule has 1 saturated heterocycles. The molecule has 2 heterocycles. The number of hydrogen-bond donors (Lipinski definition) is 1. The smallest absolute Gasteiger partial charge is 0.328 e. The van der Waals surface area contributed by atoms with Crippen LogP contribution in [0.5, 0.6) is 0 Å². The van der Waals surface area contributed by atoms with Gasteiger partial charge in [-0.25, -0.2) is 9.59 Å². The summed E-state index contributed by atoms with van der Waals surface area (Å²) in [5.74, 6) is -1.96. The highest BCUT2D eigenvalue weighted by Gasteiger charge is 2.46. The minimum atomic E-state index is -1.12. The number of carboxylic acid groups (broad SMARTS) is 1. The number of amides is 3. The van der Waals surface area contributed by atoms with Gasteiger partial charge in [-0.2, -0.15) is 11.3 Å². The number of nitrogens with zero attached hydrogens (tertiary/aromatic N) is 3. The first kappa shape index (κ1) is 26.9. The van der Waals surface area contributed by atoms with Crippen molar-refractivity contribution in [2.24, 2.45) is 0 Å². The Kier molecular flexibility index (Phi) is 8.31. The molecule has 1 saturated carbocycles. The summed E-state index contributed by atoms with van der Waals surface area (Å²) in [5.41, 5.74) is 2.72. The molecular weight excluding hydrogens is 510 g/mol. The summed E-state index contributed by atoms with van der Waals surface area (Å²) >= 11 is 1.60. The lowest BCUT2D eigenvalue weighted by atomic mass is 9.88. The van der Waals surface area contributed by atoms with Gasteiger partial charge in [0.2, 0.25) is 5.91 Å². The summed E-state index contributed by atoms with van der Waals surface area (Å²) in [6, 6.07) is 19.7. The normalized spacial score (nSPS) is 19.2. The lowest BCUT2D eigenvalue weighted by Crippen LogP contribution is -2.65. The summed E-state index contributed by atoms with van der Waals surface area (Å²) < 4.78 is 0. The SMILES string of the molecule is CCCC1CN(C(=O)C(c2ccccc2)c2ccccc2)[C@H](C(=O)O)CN1C(=O)N(Cc1ccsc1)C1CC1. The molecule has 2 atom stereocenters. The summed E-state index contributed by atoms with van der Waals surface area (Å²) in [6.45, 7) is 2.75. The quantitative estimate of drug-likeness (QED) is 0.389. The van der Waals surface area contributed by atoms with Gasteiger partial charge in [0.15, 0.2) is 0 Å². The van der Waals surface area contributed by atoms with Gasteiger partial charge in [0.05, 0.1) is 18.5 Å². The van der Waals surface area contributed by atoms with Crippen LogP contribution < -0.4 is 0 Å². The van der Waals surface area contributed by atoms with E-state index in [0.29, 0.717) is 13.0 Å². The van der Waals surface area contributed by atoms with Gasteiger partial charge in [0.1, 0.15) is 6.04 Å². The zero-order chi connectivity index (χ0) is 27.4. The fourth-order valence-corrected chi connectivity index (χ4v) is 6.23. The molecule has 3 amide bonds. The third-order valence-corrected chi connectivity index (χ3v) is 8.44. The van der Waals surface area contributed by atoms with Crippen molar-refractivity contribution >= 4 is 29.2 Å². The Bertz CT molecular complexity index is 1220. The average Bonchev–Trinajstić information content (AvgIpc) is 3.67. The van der Waals surface area contributed by atoms with Crippen LogP contribution in [0.25, 0.3) is 0 Å². The molecule has 39 heavy (non-hydrogen) atoms. The number of aliphatic carboxylic acids is 1. The standard InChI is InChI=1S/C31H35N3O4S/c1-2-9-26-19-34(29(35)28(23-10-5-3-6-11-23)24-12-7-4-8-13-24)27(30(36)37)20-33(26)31(38)32(25-14-15-25)18-22-16-17-39-21-22/h3-8,10-13,16-17,21,25-28H,2,9,14-15,18-20H2,1H3,(H,36,37)/t26?,27-/m0/s1. The third kappa shape index (κ3) is 6.01. The number of thiophene rings is 1. The maximum absolute atomic E-state index is 14.3. The minimum absolute atomic E-state index is 0.0201. The first-order valence-electron chi connectivity index (χ1n) is 13.7. The molecule has 0 radical (unpaired) electrons. The van der Waals surface area contributed by atoms with Crippen LogP contribution in [-0.2, 0) is 16.1 Å². The molecule has 1 N–H and O–H groups in total. The lowest BCUT2D eigenvalue weighted by molar-refractivity contribution is -0.155. The van der Waals surface area contributed by atoms with Gasteiger partial charge in [-0.1, -0.05) is 74.0 Å². The van der Waals surface area contributed by atoms with E-state index in [1.54, 1.807) is 16.2 Å². The molecule has 1 aliphatic heterocycles. The van der Waals surface area contributed by atoms with Crippen LogP contribution in [0.1, 0.15) is 55.2 Å². The number of carbonyl (C=O) groups excluding carboxylic acids is 2. The Labute approximate surface area is 233 Å². The minimum Gasteiger partial charge on any atom is -0.480 e. The molecule has 7 nitrogen and oxygen atoms in total. The number of benzene rings is 2. The van der Waals surface area contributed by atoms with Gasteiger partial charge in [-0.3, -0.25) is 4.79 Å². The number of rotatable bonds is 9. The van der Waals surface area contributed by atoms with E-state index >= 15 is 0 Å².